The zero-order chi connectivity index (χ0) is 25.4. The Morgan fingerprint density at radius 3 is 2.69 bits per heavy atom. The van der Waals surface area contributed by atoms with Gasteiger partial charge in [-0.25, -0.2) is 0 Å². The molecule has 2 N–H and O–H groups in total. The molecule has 1 aromatic heterocycles. The SMILES string of the molecule is Cn1cc(NC(=O)CCCOc2cccc3c2C(=O)N(C2CCC(=O)NC2=O)C3=O)c(C2CCC2)n1. The minimum absolute atomic E-state index is 0.0520. The molecule has 1 atom stereocenters. The van der Waals surface area contributed by atoms with E-state index in [0.29, 0.717) is 12.3 Å². The van der Waals surface area contributed by atoms with E-state index in [2.05, 4.69) is 15.7 Å². The first-order valence-corrected chi connectivity index (χ1v) is 12.1. The number of carbonyl (C=O) groups excluding carboxylic acids is 5. The van der Waals surface area contributed by atoms with Crippen molar-refractivity contribution < 1.29 is 28.7 Å². The topological polar surface area (TPSA) is 140 Å². The highest BCUT2D eigenvalue weighted by Gasteiger charge is 2.46. The van der Waals surface area contributed by atoms with Crippen LogP contribution in [0.1, 0.15) is 77.3 Å². The van der Waals surface area contributed by atoms with Crippen LogP contribution in [0.25, 0.3) is 0 Å². The van der Waals surface area contributed by atoms with E-state index in [1.807, 2.05) is 13.2 Å². The number of hydrogen-bond donors (Lipinski definition) is 2. The van der Waals surface area contributed by atoms with Gasteiger partial charge in [0.1, 0.15) is 11.8 Å². The van der Waals surface area contributed by atoms with Crippen LogP contribution < -0.4 is 15.4 Å². The Kier molecular flexibility index (Phi) is 6.29. The van der Waals surface area contributed by atoms with Gasteiger partial charge in [0, 0.05) is 32.0 Å². The fourth-order valence-corrected chi connectivity index (χ4v) is 4.82. The van der Waals surface area contributed by atoms with Crippen molar-refractivity contribution in [1.82, 2.24) is 20.0 Å². The third-order valence-corrected chi connectivity index (χ3v) is 6.86. The Morgan fingerprint density at radius 2 is 1.97 bits per heavy atom. The van der Waals surface area contributed by atoms with Crippen molar-refractivity contribution in [3.63, 3.8) is 0 Å². The van der Waals surface area contributed by atoms with Crippen LogP contribution in [0.4, 0.5) is 5.69 Å². The number of aromatic nitrogens is 2. The van der Waals surface area contributed by atoms with E-state index in [1.165, 1.54) is 12.5 Å². The van der Waals surface area contributed by atoms with Gasteiger partial charge in [-0.15, -0.1) is 0 Å². The van der Waals surface area contributed by atoms with E-state index >= 15 is 0 Å². The fourth-order valence-electron chi connectivity index (χ4n) is 4.82. The van der Waals surface area contributed by atoms with Crippen LogP contribution in [0.2, 0.25) is 0 Å². The molecule has 3 aliphatic rings. The minimum atomic E-state index is -1.04. The van der Waals surface area contributed by atoms with E-state index in [1.54, 1.807) is 16.8 Å². The Balaban J connectivity index is 1.18. The van der Waals surface area contributed by atoms with Gasteiger partial charge in [-0.2, -0.15) is 5.10 Å². The molecule has 188 valence electrons. The van der Waals surface area contributed by atoms with E-state index in [9.17, 15) is 24.0 Å². The van der Waals surface area contributed by atoms with Gasteiger partial charge in [-0.3, -0.25) is 38.9 Å². The van der Waals surface area contributed by atoms with Crippen LogP contribution in [-0.4, -0.2) is 56.9 Å². The van der Waals surface area contributed by atoms with E-state index in [-0.39, 0.29) is 48.7 Å². The number of amides is 5. The zero-order valence-corrected chi connectivity index (χ0v) is 19.9. The van der Waals surface area contributed by atoms with Crippen molar-refractivity contribution in [2.75, 3.05) is 11.9 Å². The number of nitrogens with zero attached hydrogens (tertiary/aromatic N) is 3. The van der Waals surface area contributed by atoms with Gasteiger partial charge in [0.05, 0.1) is 29.1 Å². The van der Waals surface area contributed by atoms with Crippen LogP contribution in [0, 0.1) is 0 Å². The number of fused-ring (bicyclic) bond motifs is 1. The standard InChI is InChI=1S/C25H27N5O6/c1-29-13-16(22(28-29)14-5-2-6-14)26-19(31)9-4-12-36-18-8-3-7-15-21(18)25(35)30(24(15)34)17-10-11-20(32)27-23(17)33/h3,7-8,13-14,17H,2,4-6,9-12H2,1H3,(H,26,31)(H,27,32,33). The van der Waals surface area contributed by atoms with Gasteiger partial charge in [0.25, 0.3) is 11.8 Å². The summed E-state index contributed by atoms with van der Waals surface area (Å²) in [5.74, 6) is -1.84. The largest absolute Gasteiger partial charge is 0.493 e. The molecule has 2 fully saturated rings. The number of benzene rings is 1. The summed E-state index contributed by atoms with van der Waals surface area (Å²) >= 11 is 0. The summed E-state index contributed by atoms with van der Waals surface area (Å²) < 4.78 is 7.50. The van der Waals surface area contributed by atoms with E-state index < -0.39 is 29.7 Å². The Labute approximate surface area is 207 Å². The molecule has 0 radical (unpaired) electrons. The predicted octanol–water partition coefficient (Wildman–Crippen LogP) is 1.89. The lowest BCUT2D eigenvalue weighted by molar-refractivity contribution is -0.136. The molecule has 1 unspecified atom stereocenters. The quantitative estimate of drug-likeness (QED) is 0.423. The van der Waals surface area contributed by atoms with Gasteiger partial charge in [-0.05, 0) is 37.8 Å². The molecular formula is C25H27N5O6. The van der Waals surface area contributed by atoms with Crippen LogP contribution >= 0.6 is 0 Å². The predicted molar refractivity (Wildman–Crippen MR) is 126 cm³/mol. The van der Waals surface area contributed by atoms with Gasteiger partial charge >= 0.3 is 0 Å². The number of aryl methyl sites for hydroxylation is 1. The Hall–Kier alpha value is -4.02. The lowest BCUT2D eigenvalue weighted by Crippen LogP contribution is -2.54. The average Bonchev–Trinajstić information content (AvgIpc) is 3.27. The van der Waals surface area contributed by atoms with E-state index in [0.717, 1.165) is 29.1 Å². The first-order chi connectivity index (χ1) is 17.3. The molecule has 1 aliphatic carbocycles. The zero-order valence-electron chi connectivity index (χ0n) is 19.9. The van der Waals surface area contributed by atoms with Crippen molar-refractivity contribution >= 4 is 35.2 Å². The molecule has 1 aromatic carbocycles. The highest BCUT2D eigenvalue weighted by atomic mass is 16.5. The van der Waals surface area contributed by atoms with Crippen LogP contribution in [0.5, 0.6) is 5.75 Å². The lowest BCUT2D eigenvalue weighted by Gasteiger charge is -2.27. The van der Waals surface area contributed by atoms with Gasteiger partial charge in [0.15, 0.2) is 0 Å². The van der Waals surface area contributed by atoms with Crippen LogP contribution in [-0.2, 0) is 21.4 Å². The maximum atomic E-state index is 13.1. The van der Waals surface area contributed by atoms with Crippen molar-refractivity contribution in [2.45, 2.75) is 56.9 Å². The molecule has 11 heteroatoms. The molecular weight excluding hydrogens is 466 g/mol. The summed E-state index contributed by atoms with van der Waals surface area (Å²) in [5, 5.41) is 9.60. The number of nitrogens with one attached hydrogen (secondary N) is 2. The molecule has 2 aromatic rings. The van der Waals surface area contributed by atoms with Crippen molar-refractivity contribution in [3.8, 4) is 5.75 Å². The number of hydrogen-bond acceptors (Lipinski definition) is 7. The molecule has 5 rings (SSSR count). The van der Waals surface area contributed by atoms with Crippen molar-refractivity contribution in [1.29, 1.82) is 0 Å². The summed E-state index contributed by atoms with van der Waals surface area (Å²) in [7, 11) is 1.83. The number of piperidine rings is 1. The second-order valence-corrected chi connectivity index (χ2v) is 9.36. The maximum Gasteiger partial charge on any atom is 0.266 e. The smallest absolute Gasteiger partial charge is 0.266 e. The highest BCUT2D eigenvalue weighted by molar-refractivity contribution is 6.24. The maximum absolute atomic E-state index is 13.1. The number of imide groups is 2. The minimum Gasteiger partial charge on any atom is -0.493 e. The summed E-state index contributed by atoms with van der Waals surface area (Å²) in [6, 6.07) is 3.65. The monoisotopic (exact) mass is 493 g/mol. The van der Waals surface area contributed by atoms with Crippen molar-refractivity contribution in [2.24, 2.45) is 7.05 Å². The summed E-state index contributed by atoms with van der Waals surface area (Å²) in [4.78, 5) is 63.1. The molecule has 5 amide bonds. The number of rotatable bonds is 8. The molecule has 11 nitrogen and oxygen atoms in total. The second kappa shape index (κ2) is 9.56. The molecule has 0 spiro atoms. The highest BCUT2D eigenvalue weighted by Crippen LogP contribution is 2.39. The van der Waals surface area contributed by atoms with E-state index in [4.69, 9.17) is 4.74 Å². The summed E-state index contributed by atoms with van der Waals surface area (Å²) in [5.41, 5.74) is 1.92. The number of anilines is 1. The Bertz CT molecular complexity index is 1260. The van der Waals surface area contributed by atoms with Gasteiger partial charge in [0.2, 0.25) is 17.7 Å². The molecule has 2 aliphatic heterocycles. The molecule has 0 bridgehead atoms. The Morgan fingerprint density at radius 1 is 1.17 bits per heavy atom. The molecule has 1 saturated heterocycles. The van der Waals surface area contributed by atoms with Crippen LogP contribution in [0.3, 0.4) is 0 Å². The third-order valence-electron chi connectivity index (χ3n) is 6.86. The lowest BCUT2D eigenvalue weighted by atomic mass is 9.82. The van der Waals surface area contributed by atoms with Crippen LogP contribution in [0.15, 0.2) is 24.4 Å². The van der Waals surface area contributed by atoms with Gasteiger partial charge < -0.3 is 10.1 Å². The molecule has 36 heavy (non-hydrogen) atoms. The number of ether oxygens (including phenoxy) is 1. The first-order valence-electron chi connectivity index (χ1n) is 12.1. The molecule has 1 saturated carbocycles. The third kappa shape index (κ3) is 4.36. The molecule has 3 heterocycles. The fraction of sp³-hybridized carbons (Fsp3) is 0.440. The summed E-state index contributed by atoms with van der Waals surface area (Å²) in [6.07, 6.45) is 5.89. The first kappa shape index (κ1) is 23.7. The summed E-state index contributed by atoms with van der Waals surface area (Å²) in [6.45, 7) is 0.159. The second-order valence-electron chi connectivity index (χ2n) is 9.36. The normalized spacial score (nSPS) is 19.7. The van der Waals surface area contributed by atoms with Crippen molar-refractivity contribution in [3.05, 3.63) is 41.2 Å². The van der Waals surface area contributed by atoms with Gasteiger partial charge in [-0.1, -0.05) is 12.5 Å². The average molecular weight is 494 g/mol. The number of carbonyl (C=O) groups is 5.